The molecule has 2 rings (SSSR count). The van der Waals surface area contributed by atoms with Gasteiger partial charge in [-0.25, -0.2) is 9.59 Å². The summed E-state index contributed by atoms with van der Waals surface area (Å²) < 4.78 is 15.0. The average Bonchev–Trinajstić information content (AvgIpc) is 2.70. The van der Waals surface area contributed by atoms with E-state index < -0.39 is 17.5 Å². The van der Waals surface area contributed by atoms with Gasteiger partial charge in [-0.3, -0.25) is 4.79 Å². The first-order chi connectivity index (χ1) is 14.1. The summed E-state index contributed by atoms with van der Waals surface area (Å²) in [5, 5.41) is 0. The highest BCUT2D eigenvalue weighted by atomic mass is 16.6. The van der Waals surface area contributed by atoms with E-state index in [9.17, 15) is 14.4 Å². The standard InChI is InChI=1S/C23H33NO6/c1-15-13-17(21(26)28-5)18(22(27)29-6)14-19(15)24-11-9-16(10-12-24)7-8-20(25)30-23(2,3)4/h13-14,16H,7-12H2,1-6H3. The Morgan fingerprint density at radius 1 is 1.00 bits per heavy atom. The number of carbonyl (C=O) groups is 3. The molecule has 0 radical (unpaired) electrons. The van der Waals surface area contributed by atoms with Gasteiger partial charge in [0.15, 0.2) is 0 Å². The van der Waals surface area contributed by atoms with Crippen molar-refractivity contribution < 1.29 is 28.6 Å². The molecule has 7 nitrogen and oxygen atoms in total. The van der Waals surface area contributed by atoms with E-state index in [1.807, 2.05) is 27.7 Å². The molecule has 7 heteroatoms. The van der Waals surface area contributed by atoms with E-state index in [1.165, 1.54) is 14.2 Å². The maximum Gasteiger partial charge on any atom is 0.338 e. The van der Waals surface area contributed by atoms with Crippen LogP contribution in [0, 0.1) is 12.8 Å². The number of aryl methyl sites for hydroxylation is 1. The molecular formula is C23H33NO6. The van der Waals surface area contributed by atoms with E-state index in [-0.39, 0.29) is 17.1 Å². The molecule has 1 aliphatic heterocycles. The van der Waals surface area contributed by atoms with Crippen molar-refractivity contribution >= 4 is 23.6 Å². The van der Waals surface area contributed by atoms with E-state index in [0.717, 1.165) is 43.6 Å². The summed E-state index contributed by atoms with van der Waals surface area (Å²) >= 11 is 0. The number of piperidine rings is 1. The minimum Gasteiger partial charge on any atom is -0.465 e. The topological polar surface area (TPSA) is 82.1 Å². The molecule has 1 aromatic rings. The quantitative estimate of drug-likeness (QED) is 0.511. The number of hydrogen-bond acceptors (Lipinski definition) is 7. The summed E-state index contributed by atoms with van der Waals surface area (Å²) in [7, 11) is 2.58. The van der Waals surface area contributed by atoms with Crippen molar-refractivity contribution in [3.63, 3.8) is 0 Å². The summed E-state index contributed by atoms with van der Waals surface area (Å²) in [6.07, 6.45) is 3.15. The third-order valence-electron chi connectivity index (χ3n) is 5.28. The Morgan fingerprint density at radius 3 is 2.03 bits per heavy atom. The minimum atomic E-state index is -0.566. The van der Waals surface area contributed by atoms with Gasteiger partial charge in [0.05, 0.1) is 25.3 Å². The van der Waals surface area contributed by atoms with Gasteiger partial charge in [-0.15, -0.1) is 0 Å². The Bertz CT molecular complexity index is 788. The van der Waals surface area contributed by atoms with Gasteiger partial charge in [0.2, 0.25) is 0 Å². The van der Waals surface area contributed by atoms with Crippen LogP contribution in [0.4, 0.5) is 5.69 Å². The maximum atomic E-state index is 12.2. The maximum absolute atomic E-state index is 12.2. The number of carbonyl (C=O) groups excluding carboxylic acids is 3. The Balaban J connectivity index is 2.05. The van der Waals surface area contributed by atoms with Crippen molar-refractivity contribution in [1.29, 1.82) is 0 Å². The molecule has 1 heterocycles. The van der Waals surface area contributed by atoms with Crippen LogP contribution >= 0.6 is 0 Å². The number of rotatable bonds is 6. The highest BCUT2D eigenvalue weighted by molar-refractivity contribution is 6.04. The van der Waals surface area contributed by atoms with Gasteiger partial charge in [-0.1, -0.05) is 0 Å². The number of esters is 3. The number of ether oxygens (including phenoxy) is 3. The first kappa shape index (κ1) is 23.7. The molecule has 0 N–H and O–H groups in total. The fourth-order valence-corrected chi connectivity index (χ4v) is 3.77. The molecule has 0 atom stereocenters. The van der Waals surface area contributed by atoms with Crippen molar-refractivity contribution in [2.24, 2.45) is 5.92 Å². The lowest BCUT2D eigenvalue weighted by molar-refractivity contribution is -0.155. The first-order valence-corrected chi connectivity index (χ1v) is 10.3. The Hall–Kier alpha value is -2.57. The Morgan fingerprint density at radius 2 is 1.53 bits per heavy atom. The number of benzene rings is 1. The lowest BCUT2D eigenvalue weighted by Crippen LogP contribution is -2.34. The monoisotopic (exact) mass is 419 g/mol. The zero-order valence-corrected chi connectivity index (χ0v) is 18.9. The zero-order chi connectivity index (χ0) is 22.5. The molecule has 0 spiro atoms. The molecule has 0 aromatic heterocycles. The second-order valence-electron chi connectivity index (χ2n) is 8.72. The fraction of sp³-hybridized carbons (Fsp3) is 0.609. The van der Waals surface area contributed by atoms with Gasteiger partial charge in [-0.05, 0) is 70.6 Å². The normalized spacial score (nSPS) is 14.9. The second kappa shape index (κ2) is 9.96. The molecule has 30 heavy (non-hydrogen) atoms. The van der Waals surface area contributed by atoms with Crippen LogP contribution in [0.15, 0.2) is 12.1 Å². The van der Waals surface area contributed by atoms with Crippen molar-refractivity contribution in [1.82, 2.24) is 0 Å². The van der Waals surface area contributed by atoms with Crippen molar-refractivity contribution in [2.75, 3.05) is 32.2 Å². The minimum absolute atomic E-state index is 0.151. The van der Waals surface area contributed by atoms with E-state index in [2.05, 4.69) is 4.90 Å². The van der Waals surface area contributed by atoms with E-state index in [0.29, 0.717) is 12.3 Å². The molecule has 0 aliphatic carbocycles. The second-order valence-corrected chi connectivity index (χ2v) is 8.72. The predicted octanol–water partition coefficient (Wildman–Crippen LogP) is 3.91. The van der Waals surface area contributed by atoms with Crippen LogP contribution in [-0.2, 0) is 19.0 Å². The van der Waals surface area contributed by atoms with Crippen LogP contribution in [0.2, 0.25) is 0 Å². The molecule has 1 aromatic carbocycles. The van der Waals surface area contributed by atoms with Crippen LogP contribution in [0.3, 0.4) is 0 Å². The van der Waals surface area contributed by atoms with Crippen molar-refractivity contribution in [2.45, 2.75) is 59.0 Å². The Kier molecular flexibility index (Phi) is 7.87. The van der Waals surface area contributed by atoms with Crippen LogP contribution in [0.25, 0.3) is 0 Å². The predicted molar refractivity (Wildman–Crippen MR) is 114 cm³/mol. The van der Waals surface area contributed by atoms with Crippen LogP contribution in [-0.4, -0.2) is 50.8 Å². The van der Waals surface area contributed by atoms with Gasteiger partial charge >= 0.3 is 17.9 Å². The van der Waals surface area contributed by atoms with Gasteiger partial charge in [-0.2, -0.15) is 0 Å². The third kappa shape index (κ3) is 6.21. The number of hydrogen-bond donors (Lipinski definition) is 0. The highest BCUT2D eigenvalue weighted by Gasteiger charge is 2.26. The number of methoxy groups -OCH3 is 2. The first-order valence-electron chi connectivity index (χ1n) is 10.3. The third-order valence-corrected chi connectivity index (χ3v) is 5.28. The molecule has 0 saturated carbocycles. The zero-order valence-electron chi connectivity index (χ0n) is 18.9. The van der Waals surface area contributed by atoms with Crippen molar-refractivity contribution in [3.8, 4) is 0 Å². The molecule has 1 saturated heterocycles. The SMILES string of the molecule is COC(=O)c1cc(C)c(N2CCC(CCC(=O)OC(C)(C)C)CC2)cc1C(=O)OC. The van der Waals surface area contributed by atoms with Crippen LogP contribution in [0.5, 0.6) is 0 Å². The van der Waals surface area contributed by atoms with E-state index in [1.54, 1.807) is 12.1 Å². The summed E-state index contributed by atoms with van der Waals surface area (Å²) in [6.45, 7) is 9.17. The fourth-order valence-electron chi connectivity index (χ4n) is 3.77. The number of anilines is 1. The average molecular weight is 420 g/mol. The molecule has 0 bridgehead atoms. The van der Waals surface area contributed by atoms with Gasteiger partial charge < -0.3 is 19.1 Å². The lowest BCUT2D eigenvalue weighted by atomic mass is 9.91. The number of nitrogens with zero attached hydrogens (tertiary/aromatic N) is 1. The summed E-state index contributed by atoms with van der Waals surface area (Å²) in [5.74, 6) is -0.819. The summed E-state index contributed by atoms with van der Waals surface area (Å²) in [6, 6.07) is 3.40. The largest absolute Gasteiger partial charge is 0.465 e. The molecule has 0 unspecified atom stereocenters. The van der Waals surface area contributed by atoms with E-state index >= 15 is 0 Å². The highest BCUT2D eigenvalue weighted by Crippen LogP contribution is 2.31. The van der Waals surface area contributed by atoms with E-state index in [4.69, 9.17) is 14.2 Å². The lowest BCUT2D eigenvalue weighted by Gasteiger charge is -2.35. The van der Waals surface area contributed by atoms with Gasteiger partial charge in [0.25, 0.3) is 0 Å². The molecular weight excluding hydrogens is 386 g/mol. The van der Waals surface area contributed by atoms with Gasteiger partial charge in [0, 0.05) is 25.2 Å². The molecule has 0 amide bonds. The summed E-state index contributed by atoms with van der Waals surface area (Å²) in [4.78, 5) is 38.5. The van der Waals surface area contributed by atoms with Crippen LogP contribution < -0.4 is 4.90 Å². The smallest absolute Gasteiger partial charge is 0.338 e. The molecule has 166 valence electrons. The molecule has 1 aliphatic rings. The Labute approximate surface area is 178 Å². The van der Waals surface area contributed by atoms with Crippen molar-refractivity contribution in [3.05, 3.63) is 28.8 Å². The van der Waals surface area contributed by atoms with Crippen LogP contribution in [0.1, 0.15) is 72.7 Å². The van der Waals surface area contributed by atoms with Gasteiger partial charge in [0.1, 0.15) is 5.60 Å². The molecule has 1 fully saturated rings. The summed E-state index contributed by atoms with van der Waals surface area (Å²) in [5.41, 5.74) is 1.77.